The van der Waals surface area contributed by atoms with E-state index in [9.17, 15) is 5.11 Å². The van der Waals surface area contributed by atoms with Crippen molar-refractivity contribution in [2.24, 2.45) is 0 Å². The largest absolute Gasteiger partial charge is 0.388 e. The Kier molecular flexibility index (Phi) is 6.11. The summed E-state index contributed by atoms with van der Waals surface area (Å²) in [6.45, 7) is 3.43. The van der Waals surface area contributed by atoms with Crippen LogP contribution in [-0.4, -0.2) is 40.0 Å². The van der Waals surface area contributed by atoms with Crippen LogP contribution in [0.1, 0.15) is 45.4 Å². The van der Waals surface area contributed by atoms with Crippen LogP contribution in [0.3, 0.4) is 0 Å². The highest BCUT2D eigenvalue weighted by Crippen LogP contribution is 2.27. The van der Waals surface area contributed by atoms with Crippen molar-refractivity contribution in [1.82, 2.24) is 9.97 Å². The fraction of sp³-hybridized carbons (Fsp3) is 0.733. The summed E-state index contributed by atoms with van der Waals surface area (Å²) in [6, 6.07) is 1.91. The molecular weight excluding hydrogens is 284 g/mol. The number of rotatable bonds is 6. The van der Waals surface area contributed by atoms with Gasteiger partial charge in [0.25, 0.3) is 0 Å². The molecule has 1 aromatic rings. The summed E-state index contributed by atoms with van der Waals surface area (Å²) < 4.78 is 0. The smallest absolute Gasteiger partial charge is 0.191 e. The SMILES string of the molecule is CCNc1cc(NCC2(O)CCCCCC2)nc(SC)n1. The third-order valence-electron chi connectivity index (χ3n) is 3.88. The van der Waals surface area contributed by atoms with Gasteiger partial charge >= 0.3 is 0 Å². The van der Waals surface area contributed by atoms with Crippen molar-refractivity contribution in [2.45, 2.75) is 56.2 Å². The molecule has 1 fully saturated rings. The number of anilines is 2. The Morgan fingerprint density at radius 1 is 1.14 bits per heavy atom. The molecule has 0 unspecified atom stereocenters. The van der Waals surface area contributed by atoms with E-state index in [1.165, 1.54) is 24.6 Å². The highest BCUT2D eigenvalue weighted by molar-refractivity contribution is 7.98. The van der Waals surface area contributed by atoms with E-state index in [0.717, 1.165) is 49.0 Å². The number of aliphatic hydroxyl groups is 1. The molecule has 0 bridgehead atoms. The summed E-state index contributed by atoms with van der Waals surface area (Å²) in [6.07, 6.45) is 8.41. The first-order valence-electron chi connectivity index (χ1n) is 7.78. The third-order valence-corrected chi connectivity index (χ3v) is 4.43. The van der Waals surface area contributed by atoms with Gasteiger partial charge in [-0.15, -0.1) is 0 Å². The molecule has 0 spiro atoms. The van der Waals surface area contributed by atoms with Gasteiger partial charge in [-0.25, -0.2) is 9.97 Å². The van der Waals surface area contributed by atoms with Gasteiger partial charge in [-0.3, -0.25) is 0 Å². The van der Waals surface area contributed by atoms with Crippen molar-refractivity contribution in [3.05, 3.63) is 6.07 Å². The summed E-state index contributed by atoms with van der Waals surface area (Å²) >= 11 is 1.52. The number of nitrogens with zero attached hydrogens (tertiary/aromatic N) is 2. The van der Waals surface area contributed by atoms with Crippen molar-refractivity contribution >= 4 is 23.4 Å². The Bertz CT molecular complexity index is 447. The van der Waals surface area contributed by atoms with Crippen LogP contribution in [0.25, 0.3) is 0 Å². The average Bonchev–Trinajstić information content (AvgIpc) is 2.71. The van der Waals surface area contributed by atoms with Gasteiger partial charge in [0.1, 0.15) is 11.6 Å². The molecule has 2 rings (SSSR count). The molecule has 1 saturated carbocycles. The first-order chi connectivity index (χ1) is 10.1. The van der Waals surface area contributed by atoms with Gasteiger partial charge in [0.15, 0.2) is 5.16 Å². The van der Waals surface area contributed by atoms with Gasteiger partial charge in [-0.2, -0.15) is 0 Å². The standard InChI is InChI=1S/C15H26N4OS/c1-3-16-12-10-13(19-14(18-12)21-2)17-11-15(20)8-6-4-5-7-9-15/h10,20H,3-9,11H2,1-2H3,(H2,16,17,18,19). The lowest BCUT2D eigenvalue weighted by Gasteiger charge is -2.27. The topological polar surface area (TPSA) is 70.1 Å². The summed E-state index contributed by atoms with van der Waals surface area (Å²) in [5.74, 6) is 1.61. The Labute approximate surface area is 131 Å². The second kappa shape index (κ2) is 7.84. The van der Waals surface area contributed by atoms with Gasteiger partial charge in [0.2, 0.25) is 0 Å². The van der Waals surface area contributed by atoms with E-state index in [0.29, 0.717) is 6.54 Å². The zero-order valence-electron chi connectivity index (χ0n) is 13.0. The molecule has 5 nitrogen and oxygen atoms in total. The highest BCUT2D eigenvalue weighted by atomic mass is 32.2. The quantitative estimate of drug-likeness (QED) is 0.426. The van der Waals surface area contributed by atoms with Gasteiger partial charge in [-0.05, 0) is 26.0 Å². The summed E-state index contributed by atoms with van der Waals surface area (Å²) in [5.41, 5.74) is -0.598. The maximum absolute atomic E-state index is 10.7. The molecule has 0 aliphatic heterocycles. The first-order valence-corrected chi connectivity index (χ1v) is 9.01. The summed E-state index contributed by atoms with van der Waals surface area (Å²) in [7, 11) is 0. The molecule has 21 heavy (non-hydrogen) atoms. The normalized spacial score (nSPS) is 18.0. The minimum atomic E-state index is -0.598. The summed E-state index contributed by atoms with van der Waals surface area (Å²) in [4.78, 5) is 8.87. The first kappa shape index (κ1) is 16.4. The molecule has 1 aliphatic rings. The lowest BCUT2D eigenvalue weighted by molar-refractivity contribution is 0.0380. The predicted molar refractivity (Wildman–Crippen MR) is 89.1 cm³/mol. The molecule has 3 N–H and O–H groups in total. The van der Waals surface area contributed by atoms with Crippen molar-refractivity contribution in [2.75, 3.05) is 30.0 Å². The van der Waals surface area contributed by atoms with Gasteiger partial charge < -0.3 is 15.7 Å². The van der Waals surface area contributed by atoms with E-state index in [-0.39, 0.29) is 0 Å². The molecule has 118 valence electrons. The number of thioether (sulfide) groups is 1. The van der Waals surface area contributed by atoms with Crippen LogP contribution in [-0.2, 0) is 0 Å². The maximum atomic E-state index is 10.7. The lowest BCUT2D eigenvalue weighted by atomic mass is 9.94. The maximum Gasteiger partial charge on any atom is 0.191 e. The Balaban J connectivity index is 2.02. The molecule has 1 heterocycles. The fourth-order valence-corrected chi connectivity index (χ4v) is 3.08. The monoisotopic (exact) mass is 310 g/mol. The number of aromatic nitrogens is 2. The third kappa shape index (κ3) is 5.04. The van der Waals surface area contributed by atoms with E-state index in [2.05, 4.69) is 20.6 Å². The Morgan fingerprint density at radius 3 is 2.33 bits per heavy atom. The molecule has 0 radical (unpaired) electrons. The zero-order valence-corrected chi connectivity index (χ0v) is 13.8. The molecule has 0 aromatic carbocycles. The second-order valence-electron chi connectivity index (χ2n) is 5.65. The van der Waals surface area contributed by atoms with Crippen LogP contribution in [0.4, 0.5) is 11.6 Å². The molecule has 0 amide bonds. The molecule has 1 aromatic heterocycles. The molecular formula is C15H26N4OS. The number of nitrogens with one attached hydrogen (secondary N) is 2. The molecule has 6 heteroatoms. The van der Waals surface area contributed by atoms with E-state index in [1.807, 2.05) is 19.2 Å². The zero-order chi connectivity index (χ0) is 15.1. The van der Waals surface area contributed by atoms with Crippen LogP contribution in [0.5, 0.6) is 0 Å². The van der Waals surface area contributed by atoms with E-state index in [1.54, 1.807) is 0 Å². The second-order valence-corrected chi connectivity index (χ2v) is 6.42. The number of hydrogen-bond acceptors (Lipinski definition) is 6. The van der Waals surface area contributed by atoms with Crippen LogP contribution >= 0.6 is 11.8 Å². The Morgan fingerprint density at radius 2 is 1.76 bits per heavy atom. The highest BCUT2D eigenvalue weighted by Gasteiger charge is 2.27. The average molecular weight is 310 g/mol. The lowest BCUT2D eigenvalue weighted by Crippen LogP contribution is -2.36. The van der Waals surface area contributed by atoms with E-state index >= 15 is 0 Å². The minimum Gasteiger partial charge on any atom is -0.388 e. The van der Waals surface area contributed by atoms with Gasteiger partial charge in [-0.1, -0.05) is 37.4 Å². The predicted octanol–water partition coefficient (Wildman–Crippen LogP) is 3.13. The van der Waals surface area contributed by atoms with Crippen LogP contribution in [0.15, 0.2) is 11.2 Å². The van der Waals surface area contributed by atoms with Gasteiger partial charge in [0.05, 0.1) is 5.60 Å². The minimum absolute atomic E-state index is 0.559. The van der Waals surface area contributed by atoms with Crippen molar-refractivity contribution < 1.29 is 5.11 Å². The summed E-state index contributed by atoms with van der Waals surface area (Å²) in [5, 5.41) is 17.9. The molecule has 1 aliphatic carbocycles. The Hall–Kier alpha value is -1.01. The van der Waals surface area contributed by atoms with Crippen molar-refractivity contribution in [1.29, 1.82) is 0 Å². The van der Waals surface area contributed by atoms with Crippen molar-refractivity contribution in [3.8, 4) is 0 Å². The van der Waals surface area contributed by atoms with Crippen molar-refractivity contribution in [3.63, 3.8) is 0 Å². The van der Waals surface area contributed by atoms with E-state index in [4.69, 9.17) is 0 Å². The van der Waals surface area contributed by atoms with E-state index < -0.39 is 5.60 Å². The van der Waals surface area contributed by atoms with Gasteiger partial charge in [0, 0.05) is 19.2 Å². The van der Waals surface area contributed by atoms with Crippen LogP contribution in [0, 0.1) is 0 Å². The number of hydrogen-bond donors (Lipinski definition) is 3. The van der Waals surface area contributed by atoms with Crippen LogP contribution in [0.2, 0.25) is 0 Å². The fourth-order valence-electron chi connectivity index (χ4n) is 2.70. The molecule has 0 saturated heterocycles. The van der Waals surface area contributed by atoms with Crippen LogP contribution < -0.4 is 10.6 Å². The molecule has 0 atom stereocenters.